The fourth-order valence-corrected chi connectivity index (χ4v) is 2.77. The van der Waals surface area contributed by atoms with Crippen LogP contribution in [0.3, 0.4) is 0 Å². The van der Waals surface area contributed by atoms with Crippen LogP contribution in [0.5, 0.6) is 5.75 Å². The van der Waals surface area contributed by atoms with Crippen LogP contribution in [-0.2, 0) is 22.7 Å². The summed E-state index contributed by atoms with van der Waals surface area (Å²) in [6, 6.07) is 15.5. The SMILES string of the molecule is CCOCc1ccccc1NC(=O)Cn1ccc2cc(OC)ccc21. The van der Waals surface area contributed by atoms with Crippen molar-refractivity contribution in [3.63, 3.8) is 0 Å². The molecule has 0 aliphatic rings. The second-order valence-electron chi connectivity index (χ2n) is 5.71. The maximum absolute atomic E-state index is 12.5. The van der Waals surface area contributed by atoms with E-state index in [0.717, 1.165) is 27.9 Å². The summed E-state index contributed by atoms with van der Waals surface area (Å²) < 4.78 is 12.6. The second kappa shape index (κ2) is 7.85. The molecule has 0 radical (unpaired) electrons. The Balaban J connectivity index is 1.73. The first kappa shape index (κ1) is 17.0. The van der Waals surface area contributed by atoms with Crippen molar-refractivity contribution in [3.8, 4) is 5.75 Å². The normalized spacial score (nSPS) is 10.8. The smallest absolute Gasteiger partial charge is 0.244 e. The number of carbonyl (C=O) groups is 1. The van der Waals surface area contributed by atoms with E-state index in [2.05, 4.69) is 5.32 Å². The molecule has 130 valence electrons. The van der Waals surface area contributed by atoms with Crippen LogP contribution < -0.4 is 10.1 Å². The maximum atomic E-state index is 12.5. The molecule has 1 N–H and O–H groups in total. The first-order valence-electron chi connectivity index (χ1n) is 8.29. The van der Waals surface area contributed by atoms with Gasteiger partial charge in [0.1, 0.15) is 12.3 Å². The lowest BCUT2D eigenvalue weighted by Gasteiger charge is -2.12. The number of methoxy groups -OCH3 is 1. The van der Waals surface area contributed by atoms with Crippen LogP contribution in [0.2, 0.25) is 0 Å². The Morgan fingerprint density at radius 1 is 1.16 bits per heavy atom. The predicted molar refractivity (Wildman–Crippen MR) is 98.9 cm³/mol. The van der Waals surface area contributed by atoms with E-state index in [0.29, 0.717) is 13.2 Å². The summed E-state index contributed by atoms with van der Waals surface area (Å²) in [6.45, 7) is 3.33. The number of fused-ring (bicyclic) bond motifs is 1. The maximum Gasteiger partial charge on any atom is 0.244 e. The third-order valence-electron chi connectivity index (χ3n) is 4.05. The van der Waals surface area contributed by atoms with Crippen LogP contribution >= 0.6 is 0 Å². The average Bonchev–Trinajstić information content (AvgIpc) is 3.02. The Kier molecular flexibility index (Phi) is 5.36. The highest BCUT2D eigenvalue weighted by molar-refractivity contribution is 5.92. The number of anilines is 1. The van der Waals surface area contributed by atoms with Gasteiger partial charge in [0.15, 0.2) is 0 Å². The fraction of sp³-hybridized carbons (Fsp3) is 0.250. The molecule has 25 heavy (non-hydrogen) atoms. The molecule has 0 aliphatic heterocycles. The average molecular weight is 338 g/mol. The molecule has 1 heterocycles. The number of carbonyl (C=O) groups excluding carboxylic acids is 1. The predicted octanol–water partition coefficient (Wildman–Crippen LogP) is 3.83. The number of benzene rings is 2. The zero-order valence-corrected chi connectivity index (χ0v) is 14.5. The molecule has 5 nitrogen and oxygen atoms in total. The minimum Gasteiger partial charge on any atom is -0.497 e. The van der Waals surface area contributed by atoms with E-state index in [1.807, 2.05) is 66.2 Å². The van der Waals surface area contributed by atoms with Gasteiger partial charge in [-0.3, -0.25) is 4.79 Å². The van der Waals surface area contributed by atoms with Crippen LogP contribution in [0.15, 0.2) is 54.7 Å². The molecule has 5 heteroatoms. The van der Waals surface area contributed by atoms with Crippen molar-refractivity contribution >= 4 is 22.5 Å². The van der Waals surface area contributed by atoms with Crippen LogP contribution in [0.4, 0.5) is 5.69 Å². The summed E-state index contributed by atoms with van der Waals surface area (Å²) >= 11 is 0. The van der Waals surface area contributed by atoms with Gasteiger partial charge in [-0.25, -0.2) is 0 Å². The standard InChI is InChI=1S/C20H22N2O3/c1-3-25-14-16-6-4-5-7-18(16)21-20(23)13-22-11-10-15-12-17(24-2)8-9-19(15)22/h4-12H,3,13-14H2,1-2H3,(H,21,23). The summed E-state index contributed by atoms with van der Waals surface area (Å²) in [5.74, 6) is 0.733. The molecule has 0 unspecified atom stereocenters. The highest BCUT2D eigenvalue weighted by Gasteiger charge is 2.09. The number of hydrogen-bond acceptors (Lipinski definition) is 3. The molecule has 0 saturated heterocycles. The fourth-order valence-electron chi connectivity index (χ4n) is 2.77. The highest BCUT2D eigenvalue weighted by atomic mass is 16.5. The van der Waals surface area contributed by atoms with Crippen molar-refractivity contribution in [1.82, 2.24) is 4.57 Å². The van der Waals surface area contributed by atoms with Crippen molar-refractivity contribution in [2.24, 2.45) is 0 Å². The minimum absolute atomic E-state index is 0.0720. The van der Waals surface area contributed by atoms with Crippen LogP contribution in [0.1, 0.15) is 12.5 Å². The third kappa shape index (κ3) is 4.00. The van der Waals surface area contributed by atoms with Gasteiger partial charge in [0.2, 0.25) is 5.91 Å². The summed E-state index contributed by atoms with van der Waals surface area (Å²) in [6.07, 6.45) is 1.91. The number of ether oxygens (including phenoxy) is 2. The van der Waals surface area contributed by atoms with Gasteiger partial charge in [-0.15, -0.1) is 0 Å². The van der Waals surface area contributed by atoms with Crippen molar-refractivity contribution in [2.75, 3.05) is 19.0 Å². The lowest BCUT2D eigenvalue weighted by atomic mass is 10.2. The van der Waals surface area contributed by atoms with Gasteiger partial charge in [0.25, 0.3) is 0 Å². The van der Waals surface area contributed by atoms with Crippen LogP contribution in [0.25, 0.3) is 10.9 Å². The molecule has 0 atom stereocenters. The zero-order chi connectivity index (χ0) is 17.6. The van der Waals surface area contributed by atoms with Gasteiger partial charge in [-0.1, -0.05) is 18.2 Å². The van der Waals surface area contributed by atoms with Gasteiger partial charge in [-0.2, -0.15) is 0 Å². The lowest BCUT2D eigenvalue weighted by Crippen LogP contribution is -2.19. The largest absolute Gasteiger partial charge is 0.497 e. The number of nitrogens with zero attached hydrogens (tertiary/aromatic N) is 1. The molecule has 0 fully saturated rings. The van der Waals surface area contributed by atoms with Crippen molar-refractivity contribution in [1.29, 1.82) is 0 Å². The number of para-hydroxylation sites is 1. The highest BCUT2D eigenvalue weighted by Crippen LogP contribution is 2.22. The van der Waals surface area contributed by atoms with Gasteiger partial charge in [0, 0.05) is 35.0 Å². The summed E-state index contributed by atoms with van der Waals surface area (Å²) in [5.41, 5.74) is 2.76. The molecule has 3 aromatic rings. The topological polar surface area (TPSA) is 52.5 Å². The number of hydrogen-bond donors (Lipinski definition) is 1. The van der Waals surface area contributed by atoms with Crippen LogP contribution in [-0.4, -0.2) is 24.2 Å². The van der Waals surface area contributed by atoms with E-state index >= 15 is 0 Å². The van der Waals surface area contributed by atoms with Crippen molar-refractivity contribution in [2.45, 2.75) is 20.1 Å². The number of aromatic nitrogens is 1. The van der Waals surface area contributed by atoms with E-state index < -0.39 is 0 Å². The minimum atomic E-state index is -0.0720. The molecule has 0 saturated carbocycles. The number of nitrogens with one attached hydrogen (secondary N) is 1. The van der Waals surface area contributed by atoms with E-state index in [9.17, 15) is 4.79 Å². The summed E-state index contributed by atoms with van der Waals surface area (Å²) in [4.78, 5) is 12.5. The van der Waals surface area contributed by atoms with E-state index in [-0.39, 0.29) is 12.5 Å². The number of amides is 1. The molecule has 0 aliphatic carbocycles. The van der Waals surface area contributed by atoms with Gasteiger partial charge < -0.3 is 19.4 Å². The van der Waals surface area contributed by atoms with Crippen molar-refractivity contribution < 1.29 is 14.3 Å². The zero-order valence-electron chi connectivity index (χ0n) is 14.5. The quantitative estimate of drug-likeness (QED) is 0.712. The monoisotopic (exact) mass is 338 g/mol. The first-order valence-corrected chi connectivity index (χ1v) is 8.29. The summed E-state index contributed by atoms with van der Waals surface area (Å²) in [7, 11) is 1.64. The molecule has 1 aromatic heterocycles. The Morgan fingerprint density at radius 2 is 2.00 bits per heavy atom. The van der Waals surface area contributed by atoms with Gasteiger partial charge in [-0.05, 0) is 37.3 Å². The summed E-state index contributed by atoms with van der Waals surface area (Å²) in [5, 5.41) is 4.03. The Morgan fingerprint density at radius 3 is 2.80 bits per heavy atom. The Hall–Kier alpha value is -2.79. The van der Waals surface area contributed by atoms with E-state index in [4.69, 9.17) is 9.47 Å². The van der Waals surface area contributed by atoms with Gasteiger partial charge in [0.05, 0.1) is 13.7 Å². The molecule has 2 aromatic carbocycles. The molecule has 1 amide bonds. The molecule has 3 rings (SSSR count). The third-order valence-corrected chi connectivity index (χ3v) is 4.05. The molecule has 0 bridgehead atoms. The Labute approximate surface area is 147 Å². The van der Waals surface area contributed by atoms with Crippen molar-refractivity contribution in [3.05, 3.63) is 60.3 Å². The van der Waals surface area contributed by atoms with E-state index in [1.165, 1.54) is 0 Å². The van der Waals surface area contributed by atoms with Crippen LogP contribution in [0, 0.1) is 0 Å². The Bertz CT molecular complexity index is 870. The number of rotatable bonds is 7. The van der Waals surface area contributed by atoms with E-state index in [1.54, 1.807) is 7.11 Å². The van der Waals surface area contributed by atoms with Gasteiger partial charge >= 0.3 is 0 Å². The molecule has 0 spiro atoms. The first-order chi connectivity index (χ1) is 12.2. The molecular formula is C20H22N2O3. The second-order valence-corrected chi connectivity index (χ2v) is 5.71. The lowest BCUT2D eigenvalue weighted by molar-refractivity contribution is -0.116. The molecular weight excluding hydrogens is 316 g/mol.